The first kappa shape index (κ1) is 34.9. The Bertz CT molecular complexity index is 2340. The maximum absolute atomic E-state index is 6.69. The van der Waals surface area contributed by atoms with Crippen LogP contribution in [-0.2, 0) is 26.5 Å². The number of anilines is 6. The molecule has 1 aromatic heterocycles. The van der Waals surface area contributed by atoms with Gasteiger partial charge in [-0.3, -0.25) is 0 Å². The molecule has 54 heavy (non-hydrogen) atoms. The molecule has 3 aliphatic carbocycles. The summed E-state index contributed by atoms with van der Waals surface area (Å²) in [6, 6.07) is 48.1. The Labute approximate surface area is 333 Å². The number of hydrogen-bond acceptors (Lipinski definition) is 5. The quantitative estimate of drug-likeness (QED) is 0.161. The maximum atomic E-state index is 6.69. The van der Waals surface area contributed by atoms with E-state index in [1.165, 1.54) is 61.0 Å². The van der Waals surface area contributed by atoms with Crippen LogP contribution in [0.4, 0.5) is 34.3 Å². The Morgan fingerprint density at radius 1 is 0.685 bits per heavy atom. The van der Waals surface area contributed by atoms with Crippen LogP contribution >= 0.6 is 0 Å². The average molecular weight is 887 g/mol. The number of benzene rings is 5. The number of para-hydroxylation sites is 3. The zero-order valence-corrected chi connectivity index (χ0v) is 33.2. The largest absolute Gasteiger partial charge is 0.509 e. The fourth-order valence-corrected chi connectivity index (χ4v) is 9.16. The molecular formula is C48H43N4OPt-3. The average Bonchev–Trinajstić information content (AvgIpc) is 3.55. The maximum Gasteiger partial charge on any atom is 0.135 e. The predicted molar refractivity (Wildman–Crippen MR) is 216 cm³/mol. The Morgan fingerprint density at radius 2 is 1.33 bits per heavy atom. The van der Waals surface area contributed by atoms with Gasteiger partial charge in [-0.2, -0.15) is 18.8 Å². The Hall–Kier alpha value is -4.86. The van der Waals surface area contributed by atoms with E-state index in [1.807, 2.05) is 18.3 Å². The molecule has 5 aromatic carbocycles. The van der Waals surface area contributed by atoms with Crippen LogP contribution in [0.15, 0.2) is 121 Å². The second-order valence-electron chi connectivity index (χ2n) is 16.2. The van der Waals surface area contributed by atoms with E-state index >= 15 is 0 Å². The first-order chi connectivity index (χ1) is 25.8. The van der Waals surface area contributed by atoms with Crippen molar-refractivity contribution in [1.82, 2.24) is 4.98 Å². The van der Waals surface area contributed by atoms with E-state index in [2.05, 4.69) is 157 Å². The summed E-state index contributed by atoms with van der Waals surface area (Å²) >= 11 is 0. The van der Waals surface area contributed by atoms with Crippen LogP contribution < -0.4 is 19.4 Å². The van der Waals surface area contributed by atoms with Gasteiger partial charge in [0.1, 0.15) is 5.82 Å². The minimum Gasteiger partial charge on any atom is -0.509 e. The molecule has 3 saturated carbocycles. The van der Waals surface area contributed by atoms with Gasteiger partial charge in [-0.15, -0.1) is 41.6 Å². The van der Waals surface area contributed by atoms with Crippen molar-refractivity contribution < 1.29 is 25.8 Å². The van der Waals surface area contributed by atoms with Crippen molar-refractivity contribution in [2.45, 2.75) is 70.3 Å². The van der Waals surface area contributed by atoms with Gasteiger partial charge in [0.15, 0.2) is 0 Å². The fraction of sp³-hybridized carbons (Fsp3) is 0.250. The van der Waals surface area contributed by atoms with Gasteiger partial charge in [-0.05, 0) is 91.3 Å². The first-order valence-corrected chi connectivity index (χ1v) is 19.1. The summed E-state index contributed by atoms with van der Waals surface area (Å²) in [6.45, 7) is 9.05. The van der Waals surface area contributed by atoms with Crippen LogP contribution in [-0.4, -0.2) is 10.5 Å². The van der Waals surface area contributed by atoms with Crippen molar-refractivity contribution in [3.05, 3.63) is 146 Å². The molecule has 6 heteroatoms. The number of ether oxygens (including phenoxy) is 1. The summed E-state index contributed by atoms with van der Waals surface area (Å²) in [5.41, 5.74) is 11.3. The van der Waals surface area contributed by atoms with Crippen molar-refractivity contribution in [2.24, 2.45) is 5.92 Å². The third-order valence-electron chi connectivity index (χ3n) is 12.0. The molecule has 5 nitrogen and oxygen atoms in total. The number of nitrogens with zero attached hydrogens (tertiary/aromatic N) is 4. The van der Waals surface area contributed by atoms with Gasteiger partial charge >= 0.3 is 0 Å². The summed E-state index contributed by atoms with van der Waals surface area (Å²) < 4.78 is 6.69. The molecule has 0 radical (unpaired) electrons. The molecule has 5 aliphatic rings. The van der Waals surface area contributed by atoms with Gasteiger partial charge in [-0.25, -0.2) is 4.98 Å². The second kappa shape index (κ2) is 13.5. The van der Waals surface area contributed by atoms with Crippen molar-refractivity contribution in [3.8, 4) is 33.8 Å². The van der Waals surface area contributed by atoms with E-state index in [0.717, 1.165) is 45.5 Å². The van der Waals surface area contributed by atoms with Gasteiger partial charge in [0, 0.05) is 61.2 Å². The molecule has 0 atom stereocenters. The first-order valence-electron chi connectivity index (χ1n) is 19.1. The molecular weight excluding hydrogens is 844 g/mol. The van der Waals surface area contributed by atoms with E-state index in [1.54, 1.807) is 0 Å². The van der Waals surface area contributed by atoms with Crippen molar-refractivity contribution in [2.75, 3.05) is 14.7 Å². The summed E-state index contributed by atoms with van der Waals surface area (Å²) in [7, 11) is 0. The number of rotatable bonds is 5. The number of hydrogen-bond donors (Lipinski definition) is 0. The Balaban J connectivity index is 0.00000384. The third-order valence-corrected chi connectivity index (χ3v) is 12.0. The van der Waals surface area contributed by atoms with E-state index in [9.17, 15) is 0 Å². The molecule has 0 N–H and O–H groups in total. The van der Waals surface area contributed by atoms with E-state index in [-0.39, 0.29) is 32.0 Å². The van der Waals surface area contributed by atoms with Crippen LogP contribution in [0.25, 0.3) is 22.3 Å². The Kier molecular flexibility index (Phi) is 8.69. The van der Waals surface area contributed by atoms with Gasteiger partial charge in [0.2, 0.25) is 0 Å². The number of pyridine rings is 1. The molecule has 274 valence electrons. The minimum atomic E-state index is -0.0375. The van der Waals surface area contributed by atoms with Crippen LogP contribution in [0.5, 0.6) is 11.5 Å². The summed E-state index contributed by atoms with van der Waals surface area (Å²) in [4.78, 5) is 12.1. The molecule has 0 amide bonds. The van der Waals surface area contributed by atoms with Crippen LogP contribution in [0.3, 0.4) is 0 Å². The normalized spacial score (nSPS) is 19.6. The minimum absolute atomic E-state index is 0. The van der Waals surface area contributed by atoms with Gasteiger partial charge < -0.3 is 19.4 Å². The molecule has 3 fully saturated rings. The zero-order chi connectivity index (χ0) is 35.7. The summed E-state index contributed by atoms with van der Waals surface area (Å²) in [5, 5.41) is 0. The molecule has 6 aromatic rings. The molecule has 0 saturated heterocycles. The molecule has 3 heterocycles. The number of fused-ring (bicyclic) bond motifs is 9. The Morgan fingerprint density at radius 3 is 2.07 bits per heavy atom. The molecule has 2 aliphatic heterocycles. The van der Waals surface area contributed by atoms with Crippen molar-refractivity contribution in [3.63, 3.8) is 0 Å². The number of aromatic nitrogens is 1. The molecule has 11 rings (SSSR count). The van der Waals surface area contributed by atoms with Gasteiger partial charge in [-0.1, -0.05) is 86.6 Å². The van der Waals surface area contributed by atoms with Crippen molar-refractivity contribution >= 4 is 34.3 Å². The molecule has 2 bridgehead atoms. The van der Waals surface area contributed by atoms with Gasteiger partial charge in [0.05, 0.1) is 5.69 Å². The topological polar surface area (TPSA) is 31.8 Å². The summed E-state index contributed by atoms with van der Waals surface area (Å²) in [5.74, 6) is 3.03. The van der Waals surface area contributed by atoms with E-state index in [0.29, 0.717) is 11.5 Å². The summed E-state index contributed by atoms with van der Waals surface area (Å²) in [6.07, 6.45) is 9.73. The standard InChI is InChI=1S/C48H43N4O.Pt/c1-47(2,3)34-24-28-49-46(29-34)52-42-16-7-6-15-40(42)38-13-4-5-14-39(38)41-20-19-37(31-45(41)52)53-36-12-10-11-35(30-36)50-32-51(44-18-9-8-17-43(44)50)48-25-21-33(22-26-48)23-27-48;/h4-20,24,28-29,32-33H,21-23,25-27H2,1-3H3;/q-3;. The molecule has 0 spiro atoms. The van der Waals surface area contributed by atoms with Crippen LogP contribution in [0, 0.1) is 24.7 Å². The molecule has 0 unspecified atom stereocenters. The van der Waals surface area contributed by atoms with Crippen LogP contribution in [0.2, 0.25) is 0 Å². The smallest absolute Gasteiger partial charge is 0.135 e. The second-order valence-corrected chi connectivity index (χ2v) is 16.2. The van der Waals surface area contributed by atoms with Crippen molar-refractivity contribution in [1.29, 1.82) is 0 Å². The fourth-order valence-electron chi connectivity index (χ4n) is 9.16. The van der Waals surface area contributed by atoms with Gasteiger partial charge in [0.25, 0.3) is 0 Å². The zero-order valence-electron chi connectivity index (χ0n) is 31.0. The van der Waals surface area contributed by atoms with Crippen LogP contribution in [0.1, 0.15) is 64.9 Å². The third kappa shape index (κ3) is 5.83. The SMILES string of the molecule is CC(C)(C)c1ccnc(N2c3[c-]c(Oc4[c-]c(N5[CH-]N(C67CCC(CC6)CC7)c6ccccc65)ccc4)ccc3-c3ccccc3-c3ccccc32)c1.[Pt]. The van der Waals surface area contributed by atoms with E-state index < -0.39 is 0 Å². The predicted octanol–water partition coefficient (Wildman–Crippen LogP) is 12.7. The monoisotopic (exact) mass is 886 g/mol. The van der Waals surface area contributed by atoms with E-state index in [4.69, 9.17) is 9.72 Å².